The van der Waals surface area contributed by atoms with E-state index in [1.54, 1.807) is 0 Å². The van der Waals surface area contributed by atoms with Crippen molar-refractivity contribution in [1.82, 2.24) is 5.43 Å². The smallest absolute Gasteiger partial charge is 0.313 e. The molecule has 0 saturated carbocycles. The molecule has 1 N–H and O–H groups in total. The summed E-state index contributed by atoms with van der Waals surface area (Å²) in [4.78, 5) is 0. The maximum absolute atomic E-state index is 12.1. The van der Waals surface area contributed by atoms with Crippen molar-refractivity contribution in [2.75, 3.05) is 12.8 Å². The monoisotopic (exact) mass is 230 g/mol. The third kappa shape index (κ3) is 4.26. The van der Waals surface area contributed by atoms with Gasteiger partial charge < -0.3 is 5.43 Å². The van der Waals surface area contributed by atoms with Crippen LogP contribution in [0.15, 0.2) is 17.3 Å². The van der Waals surface area contributed by atoms with E-state index in [4.69, 9.17) is 0 Å². The number of alkyl halides is 3. The first-order valence-electron chi connectivity index (χ1n) is 3.40. The van der Waals surface area contributed by atoms with Crippen LogP contribution in [0.5, 0.6) is 0 Å². The number of hydrogen-bond donors (Lipinski definition) is 2. The summed E-state index contributed by atoms with van der Waals surface area (Å²) in [5.41, 5.74) is 0.199. The summed E-state index contributed by atoms with van der Waals surface area (Å²) in [7, 11) is -1.70. The number of rotatable bonds is 4. The molecule has 0 fully saturated rings. The Kier molecular flexibility index (Phi) is 4.61. The van der Waals surface area contributed by atoms with Crippen molar-refractivity contribution >= 4 is 16.4 Å². The lowest BCUT2D eigenvalue weighted by Gasteiger charge is -2.10. The zero-order valence-electron chi connectivity index (χ0n) is 7.26. The van der Waals surface area contributed by atoms with Gasteiger partial charge in [0.1, 0.15) is 10.7 Å². The minimum atomic E-state index is -4.67. The van der Waals surface area contributed by atoms with Crippen LogP contribution in [-0.4, -0.2) is 33.1 Å². The first kappa shape index (κ1) is 12.9. The molecule has 0 rings (SSSR count). The molecule has 0 atom stereocenters. The number of hydrogen-bond acceptors (Lipinski definition) is 4. The van der Waals surface area contributed by atoms with Gasteiger partial charge in [0.05, 0.1) is 17.0 Å². The molecule has 0 aromatic rings. The molecule has 0 aliphatic carbocycles. The molecule has 0 amide bonds. The number of hydrazone groups is 1. The Morgan fingerprint density at radius 1 is 1.50 bits per heavy atom. The van der Waals surface area contributed by atoms with E-state index >= 15 is 0 Å². The van der Waals surface area contributed by atoms with Crippen molar-refractivity contribution < 1.29 is 21.6 Å². The van der Waals surface area contributed by atoms with Gasteiger partial charge in [-0.05, 0) is 0 Å². The zero-order valence-corrected chi connectivity index (χ0v) is 8.15. The fraction of sp³-hybridized carbons (Fsp3) is 0.500. The van der Waals surface area contributed by atoms with Crippen LogP contribution in [0.25, 0.3) is 0 Å². The average molecular weight is 230 g/mol. The van der Waals surface area contributed by atoms with E-state index in [1.807, 2.05) is 0 Å². The molecule has 8 heteroatoms. The highest BCUT2D eigenvalue weighted by atomic mass is 32.2. The fourth-order valence-corrected chi connectivity index (χ4v) is 1.13. The van der Waals surface area contributed by atoms with E-state index in [-0.39, 0.29) is 0 Å². The number of halogens is 3. The van der Waals surface area contributed by atoms with Crippen molar-refractivity contribution in [2.24, 2.45) is 5.10 Å². The van der Waals surface area contributed by atoms with Crippen LogP contribution in [0.3, 0.4) is 0 Å². The highest BCUT2D eigenvalue weighted by Crippen LogP contribution is 2.25. The lowest BCUT2D eigenvalue weighted by Crippen LogP contribution is -2.24. The van der Waals surface area contributed by atoms with Gasteiger partial charge in [-0.15, -0.1) is 0 Å². The largest absolute Gasteiger partial charge is 0.417 e. The van der Waals surface area contributed by atoms with E-state index in [9.17, 15) is 21.6 Å². The van der Waals surface area contributed by atoms with Gasteiger partial charge in [0.15, 0.2) is 0 Å². The van der Waals surface area contributed by atoms with Crippen molar-refractivity contribution in [1.29, 1.82) is 0 Å². The fourth-order valence-electron chi connectivity index (χ4n) is 0.619. The molecule has 82 valence electrons. The highest BCUT2D eigenvalue weighted by molar-refractivity contribution is 7.73. The average Bonchev–Trinajstić information content (AvgIpc) is 2.00. The Morgan fingerprint density at radius 3 is 2.29 bits per heavy atom. The number of allylic oxidation sites excluding steroid dienone is 1. The molecule has 0 bridgehead atoms. The molecule has 0 heterocycles. The Bertz CT molecular complexity index is 312. The van der Waals surface area contributed by atoms with Gasteiger partial charge in [0.25, 0.3) is 0 Å². The van der Waals surface area contributed by atoms with E-state index in [0.29, 0.717) is 0 Å². The SMILES string of the molecule is C=C(/C(C[SH](=O)=O)=N\NC)C(F)(F)F. The maximum atomic E-state index is 12.1. The predicted octanol–water partition coefficient (Wildman–Crippen LogP) is 0.292. The summed E-state index contributed by atoms with van der Waals surface area (Å²) in [6.45, 7) is 2.73. The van der Waals surface area contributed by atoms with Crippen LogP contribution in [0.2, 0.25) is 0 Å². The quantitative estimate of drug-likeness (QED) is 0.414. The van der Waals surface area contributed by atoms with Crippen molar-refractivity contribution in [2.45, 2.75) is 6.18 Å². The summed E-state index contributed by atoms with van der Waals surface area (Å²) in [5.74, 6) is -0.783. The van der Waals surface area contributed by atoms with Crippen LogP contribution in [0.1, 0.15) is 0 Å². The third-order valence-corrected chi connectivity index (χ3v) is 1.77. The number of nitrogens with zero attached hydrogens (tertiary/aromatic N) is 1. The van der Waals surface area contributed by atoms with Crippen molar-refractivity contribution in [3.8, 4) is 0 Å². The normalized spacial score (nSPS) is 13.1. The first-order valence-corrected chi connectivity index (χ1v) is 4.77. The number of thiol groups is 1. The summed E-state index contributed by atoms with van der Waals surface area (Å²) >= 11 is 0. The zero-order chi connectivity index (χ0) is 11.4. The van der Waals surface area contributed by atoms with Crippen LogP contribution in [0.4, 0.5) is 13.2 Å². The topological polar surface area (TPSA) is 58.5 Å². The molecule has 0 aromatic heterocycles. The summed E-state index contributed by atoms with van der Waals surface area (Å²) < 4.78 is 56.7. The van der Waals surface area contributed by atoms with Crippen molar-refractivity contribution in [3.05, 3.63) is 12.2 Å². The van der Waals surface area contributed by atoms with Crippen LogP contribution >= 0.6 is 0 Å². The van der Waals surface area contributed by atoms with Crippen LogP contribution < -0.4 is 5.43 Å². The van der Waals surface area contributed by atoms with Gasteiger partial charge in [-0.3, -0.25) is 0 Å². The van der Waals surface area contributed by atoms with Gasteiger partial charge in [-0.25, -0.2) is 8.42 Å². The molecule has 0 aliphatic heterocycles. The molecule has 0 aliphatic rings. The summed E-state index contributed by atoms with van der Waals surface area (Å²) in [5, 5.41) is 3.19. The molecule has 0 aromatic carbocycles. The second-order valence-corrected chi connectivity index (χ2v) is 3.23. The Labute approximate surface area is 80.4 Å². The standard InChI is InChI=1S/C6H9F3N2O2S/c1-4(6(7,8)9)5(11-10-2)3-14(12)13/h10,14H,1,3H2,2H3/b11-5-. The van der Waals surface area contributed by atoms with E-state index < -0.39 is 33.9 Å². The number of nitrogens with one attached hydrogen (secondary N) is 1. The van der Waals surface area contributed by atoms with Gasteiger partial charge >= 0.3 is 6.18 Å². The lowest BCUT2D eigenvalue weighted by atomic mass is 10.2. The molecule has 0 spiro atoms. The van der Waals surface area contributed by atoms with Gasteiger partial charge in [0, 0.05) is 7.05 Å². The molecule has 0 radical (unpaired) electrons. The lowest BCUT2D eigenvalue weighted by molar-refractivity contribution is -0.0857. The molecule has 0 saturated heterocycles. The Morgan fingerprint density at radius 2 is 2.00 bits per heavy atom. The molecule has 14 heavy (non-hydrogen) atoms. The minimum Gasteiger partial charge on any atom is -0.313 e. The van der Waals surface area contributed by atoms with Crippen molar-refractivity contribution in [3.63, 3.8) is 0 Å². The maximum Gasteiger partial charge on any atom is 0.417 e. The van der Waals surface area contributed by atoms with Crippen LogP contribution in [0, 0.1) is 0 Å². The minimum absolute atomic E-state index is 0.629. The first-order chi connectivity index (χ1) is 6.29. The van der Waals surface area contributed by atoms with E-state index in [1.165, 1.54) is 7.05 Å². The van der Waals surface area contributed by atoms with Gasteiger partial charge in [-0.2, -0.15) is 18.3 Å². The summed E-state index contributed by atoms with van der Waals surface area (Å²) in [6, 6.07) is 0. The molecular weight excluding hydrogens is 221 g/mol. The van der Waals surface area contributed by atoms with Crippen LogP contribution in [-0.2, 0) is 10.7 Å². The van der Waals surface area contributed by atoms with E-state index in [2.05, 4.69) is 17.1 Å². The summed E-state index contributed by atoms with van der Waals surface area (Å²) in [6.07, 6.45) is -4.67. The van der Waals surface area contributed by atoms with E-state index in [0.717, 1.165) is 0 Å². The highest BCUT2D eigenvalue weighted by Gasteiger charge is 2.35. The molecular formula is C6H9F3N2O2S. The molecule has 0 unspecified atom stereocenters. The molecule has 4 nitrogen and oxygen atoms in total. The van der Waals surface area contributed by atoms with Gasteiger partial charge in [-0.1, -0.05) is 6.58 Å². The Hall–Kier alpha value is -1.05. The second kappa shape index (κ2) is 4.99. The predicted molar refractivity (Wildman–Crippen MR) is 46.9 cm³/mol. The Balaban J connectivity index is 4.86. The third-order valence-electron chi connectivity index (χ3n) is 1.22. The second-order valence-electron chi connectivity index (χ2n) is 2.25. The van der Waals surface area contributed by atoms with Gasteiger partial charge in [0.2, 0.25) is 0 Å².